The van der Waals surface area contributed by atoms with Crippen LogP contribution < -0.4 is 5.73 Å². The van der Waals surface area contributed by atoms with Crippen LogP contribution in [0.3, 0.4) is 0 Å². The molecule has 0 radical (unpaired) electrons. The average molecular weight is 279 g/mol. The summed E-state index contributed by atoms with van der Waals surface area (Å²) in [4.78, 5) is 11.4. The molecular formula is C11H12F3NO2S. The van der Waals surface area contributed by atoms with Crippen molar-refractivity contribution in [2.45, 2.75) is 17.5 Å². The number of carbonyl (C=O) groups excluding carboxylic acids is 1. The number of carbonyl (C=O) groups is 1. The predicted molar refractivity (Wildman–Crippen MR) is 63.2 cm³/mol. The molecule has 1 rings (SSSR count). The van der Waals surface area contributed by atoms with Gasteiger partial charge < -0.3 is 10.5 Å². The van der Waals surface area contributed by atoms with Crippen LogP contribution in [0.1, 0.15) is 12.0 Å². The number of nitrogen functional groups attached to an aromatic ring is 1. The lowest BCUT2D eigenvalue weighted by Crippen LogP contribution is -2.06. The first-order valence-electron chi connectivity index (χ1n) is 5.01. The van der Waals surface area contributed by atoms with Gasteiger partial charge in [-0.25, -0.2) is 0 Å². The van der Waals surface area contributed by atoms with Gasteiger partial charge in [0.1, 0.15) is 0 Å². The van der Waals surface area contributed by atoms with Gasteiger partial charge in [0.2, 0.25) is 0 Å². The Kier molecular flexibility index (Phi) is 4.89. The number of nitrogens with two attached hydrogens (primary N) is 1. The van der Waals surface area contributed by atoms with Crippen molar-refractivity contribution in [3.05, 3.63) is 23.8 Å². The fourth-order valence-corrected chi connectivity index (χ4v) is 2.08. The van der Waals surface area contributed by atoms with Gasteiger partial charge in [-0.15, -0.1) is 11.8 Å². The van der Waals surface area contributed by atoms with E-state index in [1.807, 2.05) is 0 Å². The molecule has 2 N–H and O–H groups in total. The lowest BCUT2D eigenvalue weighted by atomic mass is 10.2. The molecule has 0 saturated carbocycles. The second-order valence-corrected chi connectivity index (χ2v) is 4.56. The molecule has 0 atom stereocenters. The number of hydrogen-bond donors (Lipinski definition) is 1. The number of methoxy groups -OCH3 is 1. The summed E-state index contributed by atoms with van der Waals surface area (Å²) in [6.07, 6.45) is -4.22. The number of thioether (sulfide) groups is 1. The fraction of sp³-hybridized carbons (Fsp3) is 0.364. The quantitative estimate of drug-likeness (QED) is 0.523. The van der Waals surface area contributed by atoms with Crippen LogP contribution in [0.2, 0.25) is 0 Å². The van der Waals surface area contributed by atoms with Gasteiger partial charge in [0, 0.05) is 16.3 Å². The van der Waals surface area contributed by atoms with E-state index in [-0.39, 0.29) is 18.1 Å². The van der Waals surface area contributed by atoms with Gasteiger partial charge >= 0.3 is 12.1 Å². The summed E-state index contributed by atoms with van der Waals surface area (Å²) in [6.45, 7) is 0. The molecule has 7 heteroatoms. The van der Waals surface area contributed by atoms with E-state index in [1.54, 1.807) is 0 Å². The van der Waals surface area contributed by atoms with E-state index in [1.165, 1.54) is 24.9 Å². The minimum atomic E-state index is -4.40. The number of halogens is 3. The van der Waals surface area contributed by atoms with Gasteiger partial charge in [0.05, 0.1) is 19.1 Å². The fourth-order valence-electron chi connectivity index (χ4n) is 1.20. The van der Waals surface area contributed by atoms with Crippen LogP contribution in [0, 0.1) is 0 Å². The minimum Gasteiger partial charge on any atom is -0.469 e. The molecule has 1 aromatic rings. The van der Waals surface area contributed by atoms with Gasteiger partial charge in [-0.2, -0.15) is 13.2 Å². The first-order chi connectivity index (χ1) is 8.34. The SMILES string of the molecule is COC(=O)CCSc1ccc(C(F)(F)F)cc1N. The minimum absolute atomic E-state index is 0.0553. The molecule has 0 heterocycles. The number of rotatable bonds is 4. The molecule has 0 fully saturated rings. The maximum atomic E-state index is 12.4. The van der Waals surface area contributed by atoms with Crippen molar-refractivity contribution in [1.82, 2.24) is 0 Å². The van der Waals surface area contributed by atoms with Gasteiger partial charge in [-0.05, 0) is 18.2 Å². The van der Waals surface area contributed by atoms with Crippen LogP contribution in [0.15, 0.2) is 23.1 Å². The van der Waals surface area contributed by atoms with Crippen molar-refractivity contribution < 1.29 is 22.7 Å². The van der Waals surface area contributed by atoms with Gasteiger partial charge in [-0.3, -0.25) is 4.79 Å². The maximum absolute atomic E-state index is 12.4. The molecule has 0 aliphatic heterocycles. The van der Waals surface area contributed by atoms with E-state index < -0.39 is 11.7 Å². The molecule has 0 aromatic heterocycles. The molecule has 0 unspecified atom stereocenters. The van der Waals surface area contributed by atoms with E-state index in [2.05, 4.69) is 4.74 Å². The zero-order valence-corrected chi connectivity index (χ0v) is 10.4. The number of anilines is 1. The van der Waals surface area contributed by atoms with Crippen molar-refractivity contribution in [3.63, 3.8) is 0 Å². The third kappa shape index (κ3) is 4.14. The Labute approximate surface area is 106 Å². The highest BCUT2D eigenvalue weighted by atomic mass is 32.2. The van der Waals surface area contributed by atoms with E-state index in [4.69, 9.17) is 5.73 Å². The molecule has 0 saturated heterocycles. The second-order valence-electron chi connectivity index (χ2n) is 3.42. The van der Waals surface area contributed by atoms with Gasteiger partial charge in [0.15, 0.2) is 0 Å². The van der Waals surface area contributed by atoms with Crippen LogP contribution in [0.5, 0.6) is 0 Å². The summed E-state index contributed by atoms with van der Waals surface area (Å²) in [5, 5.41) is 0. The van der Waals surface area contributed by atoms with Crippen LogP contribution in [-0.2, 0) is 15.7 Å². The zero-order chi connectivity index (χ0) is 13.8. The normalized spacial score (nSPS) is 11.3. The smallest absolute Gasteiger partial charge is 0.416 e. The number of alkyl halides is 3. The monoisotopic (exact) mass is 279 g/mol. The second kappa shape index (κ2) is 5.99. The number of benzene rings is 1. The summed E-state index contributed by atoms with van der Waals surface area (Å²) in [6, 6.07) is 3.16. The molecule has 0 bridgehead atoms. The highest BCUT2D eigenvalue weighted by Gasteiger charge is 2.30. The third-order valence-electron chi connectivity index (χ3n) is 2.13. The van der Waals surface area contributed by atoms with Crippen molar-refractivity contribution in [2.75, 3.05) is 18.6 Å². The Bertz CT molecular complexity index is 435. The van der Waals surface area contributed by atoms with Crippen molar-refractivity contribution in [1.29, 1.82) is 0 Å². The largest absolute Gasteiger partial charge is 0.469 e. The van der Waals surface area contributed by atoms with Gasteiger partial charge in [0.25, 0.3) is 0 Å². The number of hydrogen-bond acceptors (Lipinski definition) is 4. The first-order valence-corrected chi connectivity index (χ1v) is 5.99. The van der Waals surface area contributed by atoms with Crippen molar-refractivity contribution in [3.8, 4) is 0 Å². The topological polar surface area (TPSA) is 52.3 Å². The summed E-state index contributed by atoms with van der Waals surface area (Å²) >= 11 is 1.22. The summed E-state index contributed by atoms with van der Waals surface area (Å²) in [5.41, 5.74) is 4.81. The van der Waals surface area contributed by atoms with E-state index >= 15 is 0 Å². The Morgan fingerprint density at radius 1 is 1.44 bits per heavy atom. The molecule has 3 nitrogen and oxygen atoms in total. The highest BCUT2D eigenvalue weighted by Crippen LogP contribution is 2.34. The Balaban J connectivity index is 2.66. The molecule has 0 aliphatic carbocycles. The maximum Gasteiger partial charge on any atom is 0.416 e. The molecule has 100 valence electrons. The van der Waals surface area contributed by atoms with Crippen LogP contribution in [-0.4, -0.2) is 18.8 Å². The van der Waals surface area contributed by atoms with Crippen molar-refractivity contribution >= 4 is 23.4 Å². The van der Waals surface area contributed by atoms with Gasteiger partial charge in [-0.1, -0.05) is 0 Å². The van der Waals surface area contributed by atoms with Crippen LogP contribution >= 0.6 is 11.8 Å². The molecule has 0 spiro atoms. The zero-order valence-electron chi connectivity index (χ0n) is 9.58. The van der Waals surface area contributed by atoms with E-state index in [0.717, 1.165) is 12.1 Å². The summed E-state index contributed by atoms with van der Waals surface area (Å²) in [7, 11) is 1.28. The highest BCUT2D eigenvalue weighted by molar-refractivity contribution is 7.99. The Morgan fingerprint density at radius 3 is 2.61 bits per heavy atom. The predicted octanol–water partition coefficient (Wildman–Crippen LogP) is 2.94. The third-order valence-corrected chi connectivity index (χ3v) is 3.22. The molecular weight excluding hydrogens is 267 g/mol. The Hall–Kier alpha value is -1.37. The lowest BCUT2D eigenvalue weighted by molar-refractivity contribution is -0.140. The van der Waals surface area contributed by atoms with E-state index in [9.17, 15) is 18.0 Å². The number of ether oxygens (including phenoxy) is 1. The number of esters is 1. The standard InChI is InChI=1S/C11H12F3NO2S/c1-17-10(16)4-5-18-9-3-2-7(6-8(9)15)11(12,13)14/h2-3,6H,4-5,15H2,1H3. The van der Waals surface area contributed by atoms with Crippen molar-refractivity contribution in [2.24, 2.45) is 0 Å². The molecule has 18 heavy (non-hydrogen) atoms. The van der Waals surface area contributed by atoms with Crippen LogP contribution in [0.4, 0.5) is 18.9 Å². The van der Waals surface area contributed by atoms with Crippen LogP contribution in [0.25, 0.3) is 0 Å². The lowest BCUT2D eigenvalue weighted by Gasteiger charge is -2.10. The van der Waals surface area contributed by atoms with E-state index in [0.29, 0.717) is 10.6 Å². The molecule has 1 aromatic carbocycles. The first kappa shape index (κ1) is 14.7. The summed E-state index contributed by atoms with van der Waals surface area (Å²) < 4.78 is 41.6. The average Bonchev–Trinajstić information content (AvgIpc) is 2.29. The molecule has 0 amide bonds. The summed E-state index contributed by atoms with van der Waals surface area (Å²) in [5.74, 6) is 0.0374. The molecule has 0 aliphatic rings. The Morgan fingerprint density at radius 2 is 2.11 bits per heavy atom.